The molecule has 1 atom stereocenters. The number of urea groups is 1. The Morgan fingerprint density at radius 2 is 1.84 bits per heavy atom. The first-order chi connectivity index (χ1) is 18.0. The molecule has 6 rings (SSSR count). The van der Waals surface area contributed by atoms with Crippen LogP contribution < -0.4 is 14.8 Å². The predicted octanol–water partition coefficient (Wildman–Crippen LogP) is 5.61. The molecule has 2 aliphatic heterocycles. The van der Waals surface area contributed by atoms with E-state index in [0.717, 1.165) is 16.7 Å². The van der Waals surface area contributed by atoms with Gasteiger partial charge in [-0.05, 0) is 49.2 Å². The average molecular weight is 499 g/mol. The Hall–Kier alpha value is -4.66. The van der Waals surface area contributed by atoms with Crippen LogP contribution in [0, 0.1) is 12.7 Å². The molecule has 0 fully saturated rings. The van der Waals surface area contributed by atoms with E-state index >= 15 is 0 Å². The fourth-order valence-corrected chi connectivity index (χ4v) is 4.56. The average Bonchev–Trinajstić information content (AvgIpc) is 3.56. The largest absolute Gasteiger partial charge is 0.454 e. The van der Waals surface area contributed by atoms with E-state index in [1.807, 2.05) is 56.3 Å². The summed E-state index contributed by atoms with van der Waals surface area (Å²) in [5.74, 6) is 1.44. The predicted molar refractivity (Wildman–Crippen MR) is 133 cm³/mol. The Balaban J connectivity index is 1.42. The number of allylic oxidation sites excluding steroid dienone is 1. The molecule has 2 amide bonds. The third kappa shape index (κ3) is 4.29. The first-order valence-corrected chi connectivity index (χ1v) is 11.8. The van der Waals surface area contributed by atoms with Crippen molar-refractivity contribution in [3.8, 4) is 22.9 Å². The molecule has 1 unspecified atom stereocenters. The lowest BCUT2D eigenvalue weighted by molar-refractivity contribution is 0.174. The van der Waals surface area contributed by atoms with Crippen LogP contribution in [0.5, 0.6) is 11.5 Å². The number of nitrogens with zero attached hydrogens (tertiary/aromatic N) is 3. The van der Waals surface area contributed by atoms with Gasteiger partial charge in [0.1, 0.15) is 5.82 Å². The molecule has 8 nitrogen and oxygen atoms in total. The summed E-state index contributed by atoms with van der Waals surface area (Å²) < 4.78 is 30.4. The minimum Gasteiger partial charge on any atom is -0.454 e. The third-order valence-corrected chi connectivity index (χ3v) is 6.52. The van der Waals surface area contributed by atoms with Gasteiger partial charge in [-0.15, -0.1) is 0 Å². The molecule has 0 bridgehead atoms. The van der Waals surface area contributed by atoms with Crippen molar-refractivity contribution in [1.82, 2.24) is 20.4 Å². The van der Waals surface area contributed by atoms with E-state index in [0.29, 0.717) is 34.9 Å². The van der Waals surface area contributed by atoms with E-state index in [-0.39, 0.29) is 24.5 Å². The van der Waals surface area contributed by atoms with Crippen LogP contribution in [0.4, 0.5) is 9.18 Å². The van der Waals surface area contributed by atoms with Crippen LogP contribution in [-0.4, -0.2) is 27.9 Å². The monoisotopic (exact) mass is 498 g/mol. The van der Waals surface area contributed by atoms with Crippen molar-refractivity contribution in [2.75, 3.05) is 6.79 Å². The maximum Gasteiger partial charge on any atom is 0.322 e. The van der Waals surface area contributed by atoms with Gasteiger partial charge in [-0.2, -0.15) is 4.98 Å². The lowest BCUT2D eigenvalue weighted by atomic mass is 9.94. The van der Waals surface area contributed by atoms with Gasteiger partial charge in [0.05, 0.1) is 18.2 Å². The molecule has 0 saturated carbocycles. The molecule has 3 heterocycles. The zero-order valence-electron chi connectivity index (χ0n) is 20.2. The molecule has 0 radical (unpaired) electrons. The van der Waals surface area contributed by atoms with E-state index in [9.17, 15) is 9.18 Å². The number of halogens is 1. The number of amides is 2. The highest BCUT2D eigenvalue weighted by Crippen LogP contribution is 2.39. The number of nitrogens with one attached hydrogen (secondary N) is 1. The molecule has 37 heavy (non-hydrogen) atoms. The van der Waals surface area contributed by atoms with Crippen molar-refractivity contribution in [2.24, 2.45) is 0 Å². The van der Waals surface area contributed by atoms with Crippen LogP contribution in [0.15, 0.2) is 77.0 Å². The van der Waals surface area contributed by atoms with Gasteiger partial charge in [0.25, 0.3) is 5.89 Å². The normalized spacial score (nSPS) is 16.8. The van der Waals surface area contributed by atoms with E-state index in [1.165, 1.54) is 12.1 Å². The molecule has 0 spiro atoms. The number of hydrogen-bond acceptors (Lipinski definition) is 6. The molecule has 0 saturated heterocycles. The molecule has 9 heteroatoms. The van der Waals surface area contributed by atoms with Crippen LogP contribution in [0.25, 0.3) is 17.0 Å². The van der Waals surface area contributed by atoms with Crippen LogP contribution >= 0.6 is 0 Å². The summed E-state index contributed by atoms with van der Waals surface area (Å²) in [7, 11) is 0. The van der Waals surface area contributed by atoms with Crippen molar-refractivity contribution >= 4 is 11.6 Å². The molecule has 0 aliphatic carbocycles. The minimum atomic E-state index is -0.512. The number of carbonyl (C=O) groups is 1. The highest BCUT2D eigenvalue weighted by Gasteiger charge is 2.36. The van der Waals surface area contributed by atoms with Crippen LogP contribution in [0.2, 0.25) is 0 Å². The smallest absolute Gasteiger partial charge is 0.322 e. The second kappa shape index (κ2) is 9.09. The molecule has 1 N–H and O–H groups in total. The van der Waals surface area contributed by atoms with Crippen LogP contribution in [0.1, 0.15) is 35.5 Å². The zero-order valence-corrected chi connectivity index (χ0v) is 20.2. The molecule has 186 valence electrons. The first kappa shape index (κ1) is 22.8. The van der Waals surface area contributed by atoms with Gasteiger partial charge in [0.15, 0.2) is 11.5 Å². The number of fused-ring (bicyclic) bond motifs is 1. The summed E-state index contributed by atoms with van der Waals surface area (Å²) in [6.07, 6.45) is 0. The van der Waals surface area contributed by atoms with Crippen molar-refractivity contribution in [1.29, 1.82) is 0 Å². The Labute approximate surface area is 212 Å². The summed E-state index contributed by atoms with van der Waals surface area (Å²) in [6.45, 7) is 4.33. The SMILES string of the molecule is CC1=C(c2nc(-c3cccc(F)c3)no2)C(c2ccc(C)cc2)NC(=O)N1Cc1ccc2c(c1)OCO2. The highest BCUT2D eigenvalue weighted by molar-refractivity contribution is 5.87. The van der Waals surface area contributed by atoms with Crippen molar-refractivity contribution in [3.63, 3.8) is 0 Å². The minimum absolute atomic E-state index is 0.176. The number of aryl methyl sites for hydroxylation is 1. The Kier molecular flexibility index (Phi) is 5.60. The molecule has 4 aromatic rings. The van der Waals surface area contributed by atoms with Crippen molar-refractivity contribution in [2.45, 2.75) is 26.4 Å². The second-order valence-electron chi connectivity index (χ2n) is 9.00. The van der Waals surface area contributed by atoms with Gasteiger partial charge in [-0.1, -0.05) is 53.2 Å². The van der Waals surface area contributed by atoms with E-state index in [2.05, 4.69) is 15.5 Å². The lowest BCUT2D eigenvalue weighted by Gasteiger charge is -2.35. The molecule has 1 aromatic heterocycles. The van der Waals surface area contributed by atoms with Crippen molar-refractivity contribution in [3.05, 3.63) is 101 Å². The van der Waals surface area contributed by atoms with Gasteiger partial charge in [-0.3, -0.25) is 4.90 Å². The number of hydrogen-bond donors (Lipinski definition) is 1. The second-order valence-corrected chi connectivity index (χ2v) is 9.00. The topological polar surface area (TPSA) is 89.7 Å². The van der Waals surface area contributed by atoms with Gasteiger partial charge in [-0.25, -0.2) is 9.18 Å². The summed E-state index contributed by atoms with van der Waals surface area (Å²) in [5.41, 5.74) is 4.68. The maximum absolute atomic E-state index is 13.8. The Morgan fingerprint density at radius 1 is 1.03 bits per heavy atom. The van der Waals surface area contributed by atoms with Crippen molar-refractivity contribution < 1.29 is 23.2 Å². The number of benzene rings is 3. The number of aromatic nitrogens is 2. The fourth-order valence-electron chi connectivity index (χ4n) is 4.56. The quantitative estimate of drug-likeness (QED) is 0.385. The standard InChI is InChI=1S/C28H23FN4O4/c1-16-6-9-19(10-7-16)25-24(27-31-26(32-37-27)20-4-3-5-21(29)13-20)17(2)33(28(34)30-25)14-18-8-11-22-23(12-18)36-15-35-22/h3-13,25H,14-15H2,1-2H3,(H,30,34). The summed E-state index contributed by atoms with van der Waals surface area (Å²) >= 11 is 0. The van der Waals surface area contributed by atoms with E-state index < -0.39 is 11.9 Å². The Morgan fingerprint density at radius 3 is 2.65 bits per heavy atom. The van der Waals surface area contributed by atoms with Gasteiger partial charge in [0, 0.05) is 11.3 Å². The number of ether oxygens (including phenoxy) is 2. The third-order valence-electron chi connectivity index (χ3n) is 6.52. The van der Waals surface area contributed by atoms with Gasteiger partial charge < -0.3 is 19.3 Å². The van der Waals surface area contributed by atoms with E-state index in [1.54, 1.807) is 17.0 Å². The van der Waals surface area contributed by atoms with Crippen LogP contribution in [-0.2, 0) is 6.54 Å². The summed E-state index contributed by atoms with van der Waals surface area (Å²) in [5, 5.41) is 7.20. The van der Waals surface area contributed by atoms with Gasteiger partial charge in [0.2, 0.25) is 12.6 Å². The number of rotatable bonds is 5. The Bertz CT molecular complexity index is 1530. The molecular formula is C28H23FN4O4. The highest BCUT2D eigenvalue weighted by atomic mass is 19.1. The first-order valence-electron chi connectivity index (χ1n) is 11.8. The zero-order chi connectivity index (χ0) is 25.5. The van der Waals surface area contributed by atoms with Crippen LogP contribution in [0.3, 0.4) is 0 Å². The molecular weight excluding hydrogens is 475 g/mol. The fraction of sp³-hybridized carbons (Fsp3) is 0.179. The van der Waals surface area contributed by atoms with Gasteiger partial charge >= 0.3 is 6.03 Å². The molecule has 2 aliphatic rings. The summed E-state index contributed by atoms with van der Waals surface area (Å²) in [6, 6.07) is 18.7. The maximum atomic E-state index is 13.8. The summed E-state index contributed by atoms with van der Waals surface area (Å²) in [4.78, 5) is 19.6. The van der Waals surface area contributed by atoms with E-state index in [4.69, 9.17) is 14.0 Å². The lowest BCUT2D eigenvalue weighted by Crippen LogP contribution is -2.45. The molecule has 3 aromatic carbocycles. The number of carbonyl (C=O) groups excluding carboxylic acids is 1.